The highest BCUT2D eigenvalue weighted by Crippen LogP contribution is 2.26. The predicted molar refractivity (Wildman–Crippen MR) is 89.5 cm³/mol. The summed E-state index contributed by atoms with van der Waals surface area (Å²) in [6, 6.07) is 3.88. The minimum Gasteiger partial charge on any atom is -0.349 e. The van der Waals surface area contributed by atoms with Crippen molar-refractivity contribution in [3.05, 3.63) is 28.3 Å². The average Bonchev–Trinajstić information content (AvgIpc) is 2.31. The maximum absolute atomic E-state index is 12.1. The molecule has 1 unspecified atom stereocenters. The van der Waals surface area contributed by atoms with Crippen molar-refractivity contribution in [1.82, 2.24) is 5.32 Å². The zero-order valence-corrected chi connectivity index (χ0v) is 14.6. The van der Waals surface area contributed by atoms with Gasteiger partial charge in [0.25, 0.3) is 11.8 Å². The minimum atomic E-state index is -0.163. The molecule has 0 radical (unpaired) electrons. The summed E-state index contributed by atoms with van der Waals surface area (Å²) in [6.07, 6.45) is 0. The summed E-state index contributed by atoms with van der Waals surface area (Å²) >= 11 is 6.17. The summed E-state index contributed by atoms with van der Waals surface area (Å²) in [4.78, 5) is 24.6. The summed E-state index contributed by atoms with van der Waals surface area (Å²) < 4.78 is 0. The molecule has 0 aliphatic heterocycles. The van der Waals surface area contributed by atoms with Gasteiger partial charge in [-0.25, -0.2) is 0 Å². The first-order chi connectivity index (χ1) is 10.2. The van der Waals surface area contributed by atoms with E-state index in [1.807, 2.05) is 46.9 Å². The number of amides is 2. The lowest BCUT2D eigenvalue weighted by Crippen LogP contribution is -3.11. The van der Waals surface area contributed by atoms with Gasteiger partial charge in [-0.3, -0.25) is 9.59 Å². The molecule has 1 aromatic carbocycles. The van der Waals surface area contributed by atoms with E-state index in [-0.39, 0.29) is 30.9 Å². The van der Waals surface area contributed by atoms with Crippen molar-refractivity contribution < 1.29 is 14.5 Å². The van der Waals surface area contributed by atoms with Gasteiger partial charge in [0.05, 0.1) is 17.8 Å². The lowest BCUT2D eigenvalue weighted by Gasteiger charge is -2.16. The zero-order valence-electron chi connectivity index (χ0n) is 13.8. The topological polar surface area (TPSA) is 62.6 Å². The molecular formula is C16H25ClN3O2+. The van der Waals surface area contributed by atoms with Crippen LogP contribution in [-0.2, 0) is 9.59 Å². The number of quaternary nitrogens is 1. The molecule has 1 aromatic rings. The normalized spacial score (nSPS) is 12.1. The Kier molecular flexibility index (Phi) is 6.84. The van der Waals surface area contributed by atoms with Gasteiger partial charge in [-0.2, -0.15) is 0 Å². The summed E-state index contributed by atoms with van der Waals surface area (Å²) in [5, 5.41) is 6.16. The summed E-state index contributed by atoms with van der Waals surface area (Å²) in [5.41, 5.74) is 2.61. The minimum absolute atomic E-state index is 0.0650. The Morgan fingerprint density at radius 2 is 1.77 bits per heavy atom. The summed E-state index contributed by atoms with van der Waals surface area (Å²) in [7, 11) is 1.81. The van der Waals surface area contributed by atoms with E-state index in [0.717, 1.165) is 16.0 Å². The Bertz CT molecular complexity index is 535. The Labute approximate surface area is 137 Å². The molecule has 0 bridgehead atoms. The van der Waals surface area contributed by atoms with Crippen LogP contribution in [0, 0.1) is 13.8 Å². The fourth-order valence-corrected chi connectivity index (χ4v) is 2.61. The maximum Gasteiger partial charge on any atom is 0.279 e. The average molecular weight is 327 g/mol. The van der Waals surface area contributed by atoms with E-state index in [0.29, 0.717) is 10.7 Å². The second-order valence-corrected chi connectivity index (χ2v) is 6.43. The molecule has 0 aliphatic rings. The number of anilines is 1. The molecule has 0 saturated heterocycles. The van der Waals surface area contributed by atoms with Crippen LogP contribution in [0.3, 0.4) is 0 Å². The van der Waals surface area contributed by atoms with Crippen molar-refractivity contribution >= 4 is 29.1 Å². The van der Waals surface area contributed by atoms with Gasteiger partial charge < -0.3 is 15.5 Å². The van der Waals surface area contributed by atoms with Gasteiger partial charge in [0.1, 0.15) is 0 Å². The molecular weight excluding hydrogens is 302 g/mol. The van der Waals surface area contributed by atoms with Gasteiger partial charge >= 0.3 is 0 Å². The first-order valence-corrected chi connectivity index (χ1v) is 7.74. The van der Waals surface area contributed by atoms with Gasteiger partial charge in [-0.1, -0.05) is 17.7 Å². The molecule has 122 valence electrons. The standard InChI is InChI=1S/C16H24ClN3O2/c1-10(2)18-14(21)8-20(5)9-15(22)19-16-12(4)6-11(3)7-13(16)17/h6-7,10H,8-9H2,1-5H3,(H,18,21)(H,19,22)/p+1. The number of aryl methyl sites for hydroxylation is 2. The van der Waals surface area contributed by atoms with Crippen LogP contribution in [0.25, 0.3) is 0 Å². The first kappa shape index (κ1) is 18.5. The van der Waals surface area contributed by atoms with E-state index >= 15 is 0 Å². The molecule has 0 fully saturated rings. The van der Waals surface area contributed by atoms with Gasteiger partial charge in [0, 0.05) is 6.04 Å². The van der Waals surface area contributed by atoms with Gasteiger partial charge in [0.2, 0.25) is 0 Å². The number of rotatable bonds is 6. The second kappa shape index (κ2) is 8.15. The highest BCUT2D eigenvalue weighted by atomic mass is 35.5. The van der Waals surface area contributed by atoms with E-state index in [1.54, 1.807) is 0 Å². The molecule has 6 heteroatoms. The predicted octanol–water partition coefficient (Wildman–Crippen LogP) is 0.935. The SMILES string of the molecule is Cc1cc(C)c(NC(=O)C[NH+](C)CC(=O)NC(C)C)c(Cl)c1. The molecule has 0 heterocycles. The lowest BCUT2D eigenvalue weighted by molar-refractivity contribution is -0.862. The summed E-state index contributed by atoms with van der Waals surface area (Å²) in [6.45, 7) is 8.13. The fourth-order valence-electron chi connectivity index (χ4n) is 2.24. The van der Waals surface area contributed by atoms with Crippen molar-refractivity contribution in [1.29, 1.82) is 0 Å². The Morgan fingerprint density at radius 1 is 1.18 bits per heavy atom. The van der Waals surface area contributed by atoms with E-state index < -0.39 is 0 Å². The number of likely N-dealkylation sites (N-methyl/N-ethyl adjacent to an activating group) is 1. The molecule has 0 aliphatic carbocycles. The fraction of sp³-hybridized carbons (Fsp3) is 0.500. The van der Waals surface area contributed by atoms with Crippen LogP contribution in [0.4, 0.5) is 5.69 Å². The van der Waals surface area contributed by atoms with Crippen LogP contribution in [0.15, 0.2) is 12.1 Å². The number of benzene rings is 1. The van der Waals surface area contributed by atoms with Crippen molar-refractivity contribution in [3.8, 4) is 0 Å². The van der Waals surface area contributed by atoms with Crippen LogP contribution in [-0.4, -0.2) is 38.0 Å². The Balaban J connectivity index is 2.58. The van der Waals surface area contributed by atoms with Crippen LogP contribution in [0.5, 0.6) is 0 Å². The molecule has 1 rings (SSSR count). The summed E-state index contributed by atoms with van der Waals surface area (Å²) in [5.74, 6) is -0.228. The molecule has 2 amide bonds. The third kappa shape index (κ3) is 6.03. The van der Waals surface area contributed by atoms with Crippen molar-refractivity contribution in [2.45, 2.75) is 33.7 Å². The quantitative estimate of drug-likeness (QED) is 0.728. The third-order valence-corrected chi connectivity index (χ3v) is 3.37. The zero-order chi connectivity index (χ0) is 16.9. The van der Waals surface area contributed by atoms with Crippen molar-refractivity contribution in [2.75, 3.05) is 25.5 Å². The Hall–Kier alpha value is -1.59. The molecule has 3 N–H and O–H groups in total. The second-order valence-electron chi connectivity index (χ2n) is 6.02. The molecule has 1 atom stereocenters. The van der Waals surface area contributed by atoms with E-state index in [1.165, 1.54) is 0 Å². The smallest absolute Gasteiger partial charge is 0.279 e. The molecule has 22 heavy (non-hydrogen) atoms. The number of carbonyl (C=O) groups is 2. The molecule has 5 nitrogen and oxygen atoms in total. The van der Waals surface area contributed by atoms with Gasteiger partial charge in [0.15, 0.2) is 13.1 Å². The Morgan fingerprint density at radius 3 is 2.32 bits per heavy atom. The molecule has 0 aromatic heterocycles. The van der Waals surface area contributed by atoms with Gasteiger partial charge in [-0.15, -0.1) is 0 Å². The van der Waals surface area contributed by atoms with Crippen LogP contribution < -0.4 is 15.5 Å². The maximum atomic E-state index is 12.1. The van der Waals surface area contributed by atoms with Gasteiger partial charge in [-0.05, 0) is 44.9 Å². The number of hydrogen-bond acceptors (Lipinski definition) is 2. The van der Waals surface area contributed by atoms with Crippen molar-refractivity contribution in [3.63, 3.8) is 0 Å². The number of carbonyl (C=O) groups excluding carboxylic acids is 2. The van der Waals surface area contributed by atoms with E-state index in [9.17, 15) is 9.59 Å². The number of halogens is 1. The first-order valence-electron chi connectivity index (χ1n) is 7.36. The highest BCUT2D eigenvalue weighted by Gasteiger charge is 2.16. The number of hydrogen-bond donors (Lipinski definition) is 3. The molecule has 0 saturated carbocycles. The van der Waals surface area contributed by atoms with Crippen LogP contribution in [0.1, 0.15) is 25.0 Å². The number of nitrogens with one attached hydrogen (secondary N) is 3. The van der Waals surface area contributed by atoms with E-state index in [4.69, 9.17) is 11.6 Å². The molecule has 0 spiro atoms. The highest BCUT2D eigenvalue weighted by molar-refractivity contribution is 6.34. The third-order valence-electron chi connectivity index (χ3n) is 3.07. The van der Waals surface area contributed by atoms with Crippen molar-refractivity contribution in [2.24, 2.45) is 0 Å². The van der Waals surface area contributed by atoms with E-state index in [2.05, 4.69) is 10.6 Å². The monoisotopic (exact) mass is 326 g/mol. The largest absolute Gasteiger partial charge is 0.349 e. The lowest BCUT2D eigenvalue weighted by atomic mass is 10.1. The van der Waals surface area contributed by atoms with Crippen LogP contribution >= 0.6 is 11.6 Å². The van der Waals surface area contributed by atoms with Crippen LogP contribution in [0.2, 0.25) is 5.02 Å².